The van der Waals surface area contributed by atoms with Crippen LogP contribution in [-0.2, 0) is 24.8 Å². The van der Waals surface area contributed by atoms with Gasteiger partial charge in [-0.15, -0.1) is 0 Å². The molecule has 0 aromatic heterocycles. The van der Waals surface area contributed by atoms with E-state index < -0.39 is 43.6 Å². The number of hydrogen-bond donors (Lipinski definition) is 3. The predicted molar refractivity (Wildman–Crippen MR) is 120 cm³/mol. The molecule has 178 valence electrons. The lowest BCUT2D eigenvalue weighted by molar-refractivity contribution is -0.147. The molecular formula is C24H22FNO7S. The fourth-order valence-corrected chi connectivity index (χ4v) is 4.77. The molecule has 10 heteroatoms. The summed E-state index contributed by atoms with van der Waals surface area (Å²) in [6, 6.07) is 10.7. The Bertz CT molecular complexity index is 1360. The Hall–Kier alpha value is -3.92. The average Bonchev–Trinajstić information content (AvgIpc) is 2.76. The molecule has 0 radical (unpaired) electrons. The lowest BCUT2D eigenvalue weighted by atomic mass is 9.80. The molecule has 3 aromatic carbocycles. The van der Waals surface area contributed by atoms with Crippen molar-refractivity contribution in [2.24, 2.45) is 5.73 Å². The maximum absolute atomic E-state index is 13.2. The third-order valence-corrected chi connectivity index (χ3v) is 7.32. The van der Waals surface area contributed by atoms with E-state index in [4.69, 9.17) is 10.5 Å². The molecule has 34 heavy (non-hydrogen) atoms. The molecule has 3 aromatic rings. The number of sulfone groups is 1. The Labute approximate surface area is 195 Å². The van der Waals surface area contributed by atoms with Crippen LogP contribution in [0.5, 0.6) is 17.2 Å². The van der Waals surface area contributed by atoms with E-state index in [9.17, 15) is 32.6 Å². The molecule has 8 nitrogen and oxygen atoms in total. The number of carbonyl (C=O) groups excluding carboxylic acids is 1. The van der Waals surface area contributed by atoms with Crippen molar-refractivity contribution in [3.63, 3.8) is 0 Å². The van der Waals surface area contributed by atoms with Gasteiger partial charge in [0, 0.05) is 6.07 Å². The number of benzene rings is 3. The highest BCUT2D eigenvalue weighted by molar-refractivity contribution is 7.91. The summed E-state index contributed by atoms with van der Waals surface area (Å²) in [6.07, 6.45) is 0. The van der Waals surface area contributed by atoms with Crippen LogP contribution in [0.2, 0.25) is 0 Å². The van der Waals surface area contributed by atoms with Crippen LogP contribution < -0.4 is 10.5 Å². The highest BCUT2D eigenvalue weighted by Crippen LogP contribution is 2.37. The van der Waals surface area contributed by atoms with Gasteiger partial charge in [-0.3, -0.25) is 9.59 Å². The number of ether oxygens (including phenoxy) is 1. The van der Waals surface area contributed by atoms with E-state index in [1.807, 2.05) is 0 Å². The highest BCUT2D eigenvalue weighted by Gasteiger charge is 2.42. The molecule has 0 saturated heterocycles. The third kappa shape index (κ3) is 4.32. The van der Waals surface area contributed by atoms with Gasteiger partial charge in [-0.2, -0.15) is 0 Å². The van der Waals surface area contributed by atoms with E-state index in [2.05, 4.69) is 0 Å². The molecule has 4 N–H and O–H groups in total. The number of halogens is 1. The lowest BCUT2D eigenvalue weighted by Gasteiger charge is -2.23. The molecule has 0 aliphatic carbocycles. The number of carbonyl (C=O) groups is 2. The Morgan fingerprint density at radius 2 is 1.56 bits per heavy atom. The van der Waals surface area contributed by atoms with Crippen molar-refractivity contribution in [1.29, 1.82) is 0 Å². The van der Waals surface area contributed by atoms with Gasteiger partial charge in [0.15, 0.2) is 5.41 Å². The first-order valence-electron chi connectivity index (χ1n) is 9.95. The van der Waals surface area contributed by atoms with Crippen molar-refractivity contribution < 1.29 is 37.3 Å². The number of primary amides is 1. The number of carboxylic acid groups (broad SMARTS) is 1. The maximum atomic E-state index is 13.2. The van der Waals surface area contributed by atoms with Crippen molar-refractivity contribution in [3.05, 3.63) is 77.1 Å². The van der Waals surface area contributed by atoms with Crippen molar-refractivity contribution in [1.82, 2.24) is 0 Å². The quantitative estimate of drug-likeness (QED) is 0.341. The molecule has 0 aliphatic rings. The number of phenolic OH excluding ortho intramolecular Hbond substituents is 1. The summed E-state index contributed by atoms with van der Waals surface area (Å²) in [5.74, 6) is -3.17. The van der Waals surface area contributed by atoms with Gasteiger partial charge in [0.25, 0.3) is 0 Å². The minimum absolute atomic E-state index is 0.0772. The summed E-state index contributed by atoms with van der Waals surface area (Å²) in [5.41, 5.74) is 4.50. The number of nitrogens with two attached hydrogens (primary N) is 1. The third-order valence-electron chi connectivity index (χ3n) is 5.52. The molecule has 0 heterocycles. The maximum Gasteiger partial charge on any atom is 0.323 e. The molecule has 1 atom stereocenters. The van der Waals surface area contributed by atoms with Gasteiger partial charge >= 0.3 is 5.97 Å². The van der Waals surface area contributed by atoms with Crippen LogP contribution in [0.4, 0.5) is 4.39 Å². The second kappa shape index (κ2) is 8.79. The number of phenols is 1. The second-order valence-corrected chi connectivity index (χ2v) is 9.84. The van der Waals surface area contributed by atoms with E-state index in [1.165, 1.54) is 25.1 Å². The minimum atomic E-state index is -4.18. The van der Waals surface area contributed by atoms with Crippen LogP contribution in [-0.4, -0.2) is 30.5 Å². The van der Waals surface area contributed by atoms with Gasteiger partial charge in [0.05, 0.1) is 4.90 Å². The fourth-order valence-electron chi connectivity index (χ4n) is 3.40. The lowest BCUT2D eigenvalue weighted by Crippen LogP contribution is -2.45. The predicted octanol–water partition coefficient (Wildman–Crippen LogP) is 3.60. The van der Waals surface area contributed by atoms with Crippen LogP contribution in [0, 0.1) is 19.7 Å². The number of aryl methyl sites for hydroxylation is 2. The molecular weight excluding hydrogens is 465 g/mol. The summed E-state index contributed by atoms with van der Waals surface area (Å²) < 4.78 is 45.0. The molecule has 0 fully saturated rings. The van der Waals surface area contributed by atoms with Gasteiger partial charge in [-0.1, -0.05) is 12.1 Å². The first-order valence-corrected chi connectivity index (χ1v) is 11.4. The van der Waals surface area contributed by atoms with Crippen molar-refractivity contribution >= 4 is 21.7 Å². The summed E-state index contributed by atoms with van der Waals surface area (Å²) in [5, 5.41) is 19.7. The van der Waals surface area contributed by atoms with Crippen LogP contribution in [0.25, 0.3) is 0 Å². The number of carboxylic acids is 1. The van der Waals surface area contributed by atoms with Crippen molar-refractivity contribution in [2.45, 2.75) is 36.0 Å². The SMILES string of the molecule is Cc1cc(C(C)(C(N)=O)C(=O)O)cc(C)c1Oc1ccc(O)c(S(=O)(=O)c2ccc(F)cc2)c1. The smallest absolute Gasteiger partial charge is 0.323 e. The minimum Gasteiger partial charge on any atom is -0.507 e. The number of rotatable bonds is 7. The summed E-state index contributed by atoms with van der Waals surface area (Å²) in [6.45, 7) is 4.47. The van der Waals surface area contributed by atoms with E-state index in [-0.39, 0.29) is 16.2 Å². The first kappa shape index (κ1) is 24.7. The van der Waals surface area contributed by atoms with Crippen LogP contribution in [0.1, 0.15) is 23.6 Å². The normalized spacial score (nSPS) is 13.2. The van der Waals surface area contributed by atoms with Gasteiger partial charge < -0.3 is 20.7 Å². The van der Waals surface area contributed by atoms with Gasteiger partial charge in [0.1, 0.15) is 28.0 Å². The largest absolute Gasteiger partial charge is 0.507 e. The van der Waals surface area contributed by atoms with E-state index in [0.717, 1.165) is 36.4 Å². The Balaban J connectivity index is 2.04. The monoisotopic (exact) mass is 487 g/mol. The van der Waals surface area contributed by atoms with Gasteiger partial charge in [0.2, 0.25) is 15.7 Å². The summed E-state index contributed by atoms with van der Waals surface area (Å²) in [4.78, 5) is 23.0. The Morgan fingerprint density at radius 1 is 1.00 bits per heavy atom. The van der Waals surface area contributed by atoms with Crippen molar-refractivity contribution in [3.8, 4) is 17.2 Å². The number of hydrogen-bond acceptors (Lipinski definition) is 6. The van der Waals surface area contributed by atoms with Gasteiger partial charge in [-0.05, 0) is 73.9 Å². The Kier molecular flexibility index (Phi) is 6.39. The standard InChI is InChI=1S/C24H22FNO7S/c1-13-10-15(24(3,22(26)28)23(29)30)11-14(2)21(13)33-17-6-9-19(27)20(12-17)34(31,32)18-7-4-16(25)5-8-18/h4-12,27H,1-3H3,(H2,26,28)(H,29,30). The molecule has 3 rings (SSSR count). The van der Waals surface area contributed by atoms with E-state index in [1.54, 1.807) is 13.8 Å². The first-order chi connectivity index (χ1) is 15.8. The molecule has 1 amide bonds. The highest BCUT2D eigenvalue weighted by atomic mass is 32.2. The van der Waals surface area contributed by atoms with E-state index in [0.29, 0.717) is 16.9 Å². The van der Waals surface area contributed by atoms with E-state index >= 15 is 0 Å². The topological polar surface area (TPSA) is 144 Å². The second-order valence-electron chi connectivity index (χ2n) is 7.92. The number of amides is 1. The zero-order valence-electron chi connectivity index (χ0n) is 18.5. The molecule has 0 aliphatic heterocycles. The molecule has 1 unspecified atom stereocenters. The Morgan fingerprint density at radius 3 is 2.06 bits per heavy atom. The number of aromatic hydroxyl groups is 1. The van der Waals surface area contributed by atoms with Crippen LogP contribution >= 0.6 is 0 Å². The fraction of sp³-hybridized carbons (Fsp3) is 0.167. The average molecular weight is 488 g/mol. The van der Waals surface area contributed by atoms with Crippen LogP contribution in [0.15, 0.2) is 64.4 Å². The van der Waals surface area contributed by atoms with Gasteiger partial charge in [-0.25, -0.2) is 12.8 Å². The summed E-state index contributed by atoms with van der Waals surface area (Å²) >= 11 is 0. The van der Waals surface area contributed by atoms with Crippen molar-refractivity contribution in [2.75, 3.05) is 0 Å². The molecule has 0 saturated carbocycles. The summed E-state index contributed by atoms with van der Waals surface area (Å²) in [7, 11) is -4.18. The molecule has 0 bridgehead atoms. The zero-order valence-corrected chi connectivity index (χ0v) is 19.3. The zero-order chi connectivity index (χ0) is 25.4. The molecule has 0 spiro atoms. The van der Waals surface area contributed by atoms with Crippen LogP contribution in [0.3, 0.4) is 0 Å². The number of aliphatic carboxylic acids is 1.